The van der Waals surface area contributed by atoms with Gasteiger partial charge in [-0.2, -0.15) is 0 Å². The number of hydrogen-bond acceptors (Lipinski definition) is 5. The number of aryl methyl sites for hydroxylation is 2. The molecular formula is C10H16N2O3S. The highest BCUT2D eigenvalue weighted by atomic mass is 32.1. The number of aliphatic hydroxyl groups is 2. The molecule has 0 aliphatic carbocycles. The maximum atomic E-state index is 12.0. The maximum Gasteiger partial charge on any atom is 0.266 e. The Bertz CT molecular complexity index is 359. The third-order valence-corrected chi connectivity index (χ3v) is 3.19. The highest BCUT2D eigenvalue weighted by Crippen LogP contribution is 2.18. The minimum atomic E-state index is -0.175. The van der Waals surface area contributed by atoms with Crippen LogP contribution in [0, 0.1) is 13.8 Å². The van der Waals surface area contributed by atoms with Crippen LogP contribution in [0.4, 0.5) is 0 Å². The average Bonchev–Trinajstić information content (AvgIpc) is 2.56. The molecule has 16 heavy (non-hydrogen) atoms. The molecule has 0 aliphatic heterocycles. The number of hydrogen-bond donors (Lipinski definition) is 2. The van der Waals surface area contributed by atoms with Crippen LogP contribution in [0.5, 0.6) is 0 Å². The van der Waals surface area contributed by atoms with E-state index in [-0.39, 0.29) is 32.2 Å². The van der Waals surface area contributed by atoms with Gasteiger partial charge in [0.15, 0.2) is 0 Å². The van der Waals surface area contributed by atoms with Gasteiger partial charge in [-0.05, 0) is 13.8 Å². The Kier molecular flexibility index (Phi) is 4.85. The molecule has 0 saturated carbocycles. The van der Waals surface area contributed by atoms with Gasteiger partial charge < -0.3 is 15.1 Å². The number of nitrogens with zero attached hydrogens (tertiary/aromatic N) is 2. The molecule has 0 unspecified atom stereocenters. The molecule has 0 spiro atoms. The zero-order chi connectivity index (χ0) is 12.1. The van der Waals surface area contributed by atoms with Crippen molar-refractivity contribution in [3.8, 4) is 0 Å². The van der Waals surface area contributed by atoms with Gasteiger partial charge in [-0.25, -0.2) is 4.98 Å². The lowest BCUT2D eigenvalue weighted by Crippen LogP contribution is -2.35. The number of carbonyl (C=O) groups is 1. The number of thiazole rings is 1. The summed E-state index contributed by atoms with van der Waals surface area (Å²) in [5.41, 5.74) is 0.702. The standard InChI is InChI=1S/C10H16N2O3S/c1-7-9(16-8(2)11-7)10(15)12(3-5-13)4-6-14/h13-14H,3-6H2,1-2H3. The van der Waals surface area contributed by atoms with Gasteiger partial charge in [-0.1, -0.05) is 0 Å². The van der Waals surface area contributed by atoms with Crippen LogP contribution in [-0.2, 0) is 0 Å². The molecule has 0 saturated heterocycles. The quantitative estimate of drug-likeness (QED) is 0.775. The van der Waals surface area contributed by atoms with Crippen molar-refractivity contribution in [3.05, 3.63) is 15.6 Å². The largest absolute Gasteiger partial charge is 0.395 e. The zero-order valence-corrected chi connectivity index (χ0v) is 10.3. The van der Waals surface area contributed by atoms with Crippen LogP contribution in [-0.4, -0.2) is 52.3 Å². The number of amides is 1. The molecule has 0 bridgehead atoms. The highest BCUT2D eigenvalue weighted by Gasteiger charge is 2.19. The lowest BCUT2D eigenvalue weighted by molar-refractivity contribution is 0.0688. The van der Waals surface area contributed by atoms with Crippen LogP contribution >= 0.6 is 11.3 Å². The van der Waals surface area contributed by atoms with Gasteiger partial charge in [0, 0.05) is 13.1 Å². The van der Waals surface area contributed by atoms with Crippen molar-refractivity contribution in [2.24, 2.45) is 0 Å². The summed E-state index contributed by atoms with van der Waals surface area (Å²) in [5.74, 6) is -0.175. The number of carbonyl (C=O) groups excluding carboxylic acids is 1. The molecule has 90 valence electrons. The summed E-state index contributed by atoms with van der Waals surface area (Å²) in [6, 6.07) is 0. The van der Waals surface area contributed by atoms with E-state index in [0.717, 1.165) is 5.01 Å². The third kappa shape index (κ3) is 3.01. The Hall–Kier alpha value is -0.980. The summed E-state index contributed by atoms with van der Waals surface area (Å²) in [4.78, 5) is 18.2. The monoisotopic (exact) mass is 244 g/mol. The second kappa shape index (κ2) is 5.93. The number of rotatable bonds is 5. The molecule has 1 rings (SSSR count). The zero-order valence-electron chi connectivity index (χ0n) is 9.43. The normalized spacial score (nSPS) is 10.5. The van der Waals surface area contributed by atoms with Gasteiger partial charge in [-0.15, -0.1) is 11.3 Å². The van der Waals surface area contributed by atoms with Crippen molar-refractivity contribution in [2.45, 2.75) is 13.8 Å². The van der Waals surface area contributed by atoms with E-state index in [0.29, 0.717) is 10.6 Å². The first-order valence-corrected chi connectivity index (χ1v) is 5.86. The Morgan fingerprint density at radius 3 is 2.25 bits per heavy atom. The molecule has 1 heterocycles. The van der Waals surface area contributed by atoms with E-state index < -0.39 is 0 Å². The second-order valence-corrected chi connectivity index (χ2v) is 4.59. The SMILES string of the molecule is Cc1nc(C)c(C(=O)N(CCO)CCO)s1. The summed E-state index contributed by atoms with van der Waals surface area (Å²) >= 11 is 1.34. The first kappa shape index (κ1) is 13.1. The van der Waals surface area contributed by atoms with Crippen LogP contribution in [0.3, 0.4) is 0 Å². The molecule has 6 heteroatoms. The minimum Gasteiger partial charge on any atom is -0.395 e. The summed E-state index contributed by atoms with van der Waals surface area (Å²) in [6.07, 6.45) is 0. The molecule has 1 amide bonds. The summed E-state index contributed by atoms with van der Waals surface area (Å²) < 4.78 is 0. The van der Waals surface area contributed by atoms with Gasteiger partial charge in [0.2, 0.25) is 0 Å². The van der Waals surface area contributed by atoms with E-state index in [4.69, 9.17) is 10.2 Å². The topological polar surface area (TPSA) is 73.7 Å². The van der Waals surface area contributed by atoms with Crippen molar-refractivity contribution < 1.29 is 15.0 Å². The fraction of sp³-hybridized carbons (Fsp3) is 0.600. The Balaban J connectivity index is 2.85. The molecular weight excluding hydrogens is 228 g/mol. The van der Waals surface area contributed by atoms with E-state index in [1.54, 1.807) is 6.92 Å². The summed E-state index contributed by atoms with van der Waals surface area (Å²) in [5, 5.41) is 18.5. The van der Waals surface area contributed by atoms with Gasteiger partial charge in [0.1, 0.15) is 4.88 Å². The van der Waals surface area contributed by atoms with Gasteiger partial charge in [-0.3, -0.25) is 4.79 Å². The van der Waals surface area contributed by atoms with Crippen molar-refractivity contribution in [2.75, 3.05) is 26.3 Å². The van der Waals surface area contributed by atoms with E-state index in [1.807, 2.05) is 6.92 Å². The van der Waals surface area contributed by atoms with Crippen LogP contribution in [0.2, 0.25) is 0 Å². The number of aromatic nitrogens is 1. The van der Waals surface area contributed by atoms with Crippen LogP contribution in [0.15, 0.2) is 0 Å². The Morgan fingerprint density at radius 1 is 1.31 bits per heavy atom. The van der Waals surface area contributed by atoms with Crippen molar-refractivity contribution >= 4 is 17.2 Å². The van der Waals surface area contributed by atoms with Crippen molar-refractivity contribution in [3.63, 3.8) is 0 Å². The molecule has 0 aromatic carbocycles. The van der Waals surface area contributed by atoms with Crippen molar-refractivity contribution in [1.82, 2.24) is 9.88 Å². The molecule has 0 radical (unpaired) electrons. The first-order valence-electron chi connectivity index (χ1n) is 5.05. The molecule has 1 aromatic heterocycles. The third-order valence-electron chi connectivity index (χ3n) is 2.12. The van der Waals surface area contributed by atoms with Crippen LogP contribution in [0.25, 0.3) is 0 Å². The molecule has 2 N–H and O–H groups in total. The van der Waals surface area contributed by atoms with Crippen LogP contribution < -0.4 is 0 Å². The fourth-order valence-corrected chi connectivity index (χ4v) is 2.32. The second-order valence-electron chi connectivity index (χ2n) is 3.39. The predicted octanol–water partition coefficient (Wildman–Crippen LogP) is 0.187. The molecule has 1 aromatic rings. The maximum absolute atomic E-state index is 12.0. The Labute approximate surface area is 98.4 Å². The lowest BCUT2D eigenvalue weighted by Gasteiger charge is -2.19. The number of aliphatic hydroxyl groups excluding tert-OH is 2. The van der Waals surface area contributed by atoms with Crippen molar-refractivity contribution in [1.29, 1.82) is 0 Å². The van der Waals surface area contributed by atoms with Gasteiger partial charge in [0.25, 0.3) is 5.91 Å². The molecule has 5 nitrogen and oxygen atoms in total. The molecule has 0 fully saturated rings. The van der Waals surface area contributed by atoms with Gasteiger partial charge >= 0.3 is 0 Å². The highest BCUT2D eigenvalue weighted by molar-refractivity contribution is 7.13. The van der Waals surface area contributed by atoms with Crippen LogP contribution in [0.1, 0.15) is 20.4 Å². The van der Waals surface area contributed by atoms with E-state index in [9.17, 15) is 4.79 Å². The Morgan fingerprint density at radius 2 is 1.88 bits per heavy atom. The molecule has 0 atom stereocenters. The summed E-state index contributed by atoms with van der Waals surface area (Å²) in [6.45, 7) is 3.88. The van der Waals surface area contributed by atoms with E-state index in [2.05, 4.69) is 4.98 Å². The van der Waals surface area contributed by atoms with Gasteiger partial charge in [0.05, 0.1) is 23.9 Å². The summed E-state index contributed by atoms with van der Waals surface area (Å²) in [7, 11) is 0. The smallest absolute Gasteiger partial charge is 0.266 e. The van der Waals surface area contributed by atoms with E-state index >= 15 is 0 Å². The molecule has 0 aliphatic rings. The first-order chi connectivity index (χ1) is 7.60. The lowest BCUT2D eigenvalue weighted by atomic mass is 10.3. The average molecular weight is 244 g/mol. The predicted molar refractivity (Wildman–Crippen MR) is 61.7 cm³/mol. The minimum absolute atomic E-state index is 0.109. The fourth-order valence-electron chi connectivity index (χ4n) is 1.43. The van der Waals surface area contributed by atoms with E-state index in [1.165, 1.54) is 16.2 Å².